The fraction of sp³-hybridized carbons (Fsp3) is 0.769. The maximum atomic E-state index is 10.9. The van der Waals surface area contributed by atoms with E-state index in [1.165, 1.54) is 12.8 Å². The quantitative estimate of drug-likeness (QED) is 0.576. The Morgan fingerprint density at radius 2 is 1.43 bits per heavy atom. The van der Waals surface area contributed by atoms with Gasteiger partial charge in [0.05, 0.1) is 0 Å². The van der Waals surface area contributed by atoms with Crippen LogP contribution in [0.3, 0.4) is 0 Å². The van der Waals surface area contributed by atoms with Crippen molar-refractivity contribution in [1.29, 1.82) is 0 Å². The molecule has 1 aliphatic rings. The van der Waals surface area contributed by atoms with Gasteiger partial charge in [-0.1, -0.05) is 33.6 Å². The average molecular weight is 198 g/mol. The molecule has 84 valence electrons. The van der Waals surface area contributed by atoms with E-state index in [-0.39, 0.29) is 0 Å². The van der Waals surface area contributed by atoms with E-state index in [1.54, 1.807) is 6.92 Å². The van der Waals surface area contributed by atoms with E-state index in [2.05, 4.69) is 20.1 Å². The van der Waals surface area contributed by atoms with Crippen LogP contribution in [0.15, 0.2) is 13.2 Å². The van der Waals surface area contributed by atoms with E-state index >= 15 is 0 Å². The largest absolute Gasteiger partial charge is 0.300 e. The van der Waals surface area contributed by atoms with Crippen LogP contribution >= 0.6 is 0 Å². The van der Waals surface area contributed by atoms with Crippen molar-refractivity contribution in [3.63, 3.8) is 0 Å². The number of rotatable bonds is 1. The number of ketones is 1. The molecule has 0 unspecified atom stereocenters. The van der Waals surface area contributed by atoms with Crippen LogP contribution in [0.4, 0.5) is 0 Å². The van der Waals surface area contributed by atoms with Crippen molar-refractivity contribution < 1.29 is 4.79 Å². The molecule has 0 N–H and O–H groups in total. The molecule has 0 spiro atoms. The fourth-order valence-corrected chi connectivity index (χ4v) is 1.67. The van der Waals surface area contributed by atoms with Gasteiger partial charge in [0.25, 0.3) is 0 Å². The molecule has 0 aromatic carbocycles. The van der Waals surface area contributed by atoms with E-state index in [1.807, 2.05) is 13.8 Å². The second-order valence-corrected chi connectivity index (χ2v) is 3.57. The molecule has 1 nitrogen and oxygen atoms in total. The van der Waals surface area contributed by atoms with E-state index in [0.29, 0.717) is 11.7 Å². The first-order valence-corrected chi connectivity index (χ1v) is 5.70. The summed E-state index contributed by atoms with van der Waals surface area (Å²) >= 11 is 0. The minimum atomic E-state index is 0.395. The SMILES string of the molecule is C=C.CC.CC(=O)C1CCC(C)CC1. The molecule has 14 heavy (non-hydrogen) atoms. The molecule has 0 radical (unpaired) electrons. The summed E-state index contributed by atoms with van der Waals surface area (Å²) < 4.78 is 0. The van der Waals surface area contributed by atoms with Crippen LogP contribution in [0.2, 0.25) is 0 Å². The van der Waals surface area contributed by atoms with Crippen molar-refractivity contribution in [2.75, 3.05) is 0 Å². The van der Waals surface area contributed by atoms with Gasteiger partial charge in [0, 0.05) is 5.92 Å². The molecule has 0 saturated heterocycles. The monoisotopic (exact) mass is 198 g/mol. The Hall–Kier alpha value is -0.590. The minimum absolute atomic E-state index is 0.395. The van der Waals surface area contributed by atoms with Gasteiger partial charge in [0.1, 0.15) is 5.78 Å². The second-order valence-electron chi connectivity index (χ2n) is 3.57. The van der Waals surface area contributed by atoms with Crippen LogP contribution in [0, 0.1) is 11.8 Å². The van der Waals surface area contributed by atoms with Gasteiger partial charge >= 0.3 is 0 Å². The summed E-state index contributed by atoms with van der Waals surface area (Å²) in [7, 11) is 0. The van der Waals surface area contributed by atoms with E-state index in [9.17, 15) is 4.79 Å². The molecule has 0 aromatic rings. The van der Waals surface area contributed by atoms with Crippen molar-refractivity contribution >= 4 is 5.78 Å². The van der Waals surface area contributed by atoms with Crippen LogP contribution in [0.5, 0.6) is 0 Å². The maximum Gasteiger partial charge on any atom is 0.132 e. The molecule has 0 aromatic heterocycles. The molecule has 0 atom stereocenters. The summed E-state index contributed by atoms with van der Waals surface area (Å²) in [6.07, 6.45) is 4.78. The minimum Gasteiger partial charge on any atom is -0.300 e. The lowest BCUT2D eigenvalue weighted by Gasteiger charge is -2.23. The molecule has 1 saturated carbocycles. The molecule has 0 bridgehead atoms. The third-order valence-electron chi connectivity index (χ3n) is 2.59. The zero-order valence-electron chi connectivity index (χ0n) is 10.3. The molecule has 1 fully saturated rings. The van der Waals surface area contributed by atoms with Gasteiger partial charge in [-0.05, 0) is 25.7 Å². The number of Topliss-reactive ketones (excluding diaryl/α,β-unsaturated/α-hetero) is 1. The van der Waals surface area contributed by atoms with E-state index in [4.69, 9.17) is 0 Å². The number of hydrogen-bond acceptors (Lipinski definition) is 1. The van der Waals surface area contributed by atoms with Gasteiger partial charge in [0.2, 0.25) is 0 Å². The van der Waals surface area contributed by atoms with Crippen LogP contribution < -0.4 is 0 Å². The van der Waals surface area contributed by atoms with Crippen LogP contribution in [0.1, 0.15) is 53.4 Å². The van der Waals surface area contributed by atoms with Gasteiger partial charge in [-0.3, -0.25) is 4.79 Å². The van der Waals surface area contributed by atoms with Crippen molar-refractivity contribution in [3.05, 3.63) is 13.2 Å². The maximum absolute atomic E-state index is 10.9. The lowest BCUT2D eigenvalue weighted by molar-refractivity contribution is -0.121. The summed E-state index contributed by atoms with van der Waals surface area (Å²) in [5, 5.41) is 0. The first-order valence-electron chi connectivity index (χ1n) is 5.70. The topological polar surface area (TPSA) is 17.1 Å². The molecule has 1 heteroatoms. The Morgan fingerprint density at radius 3 is 1.71 bits per heavy atom. The van der Waals surface area contributed by atoms with Gasteiger partial charge in [-0.15, -0.1) is 13.2 Å². The zero-order chi connectivity index (χ0) is 11.6. The summed E-state index contributed by atoms with van der Waals surface area (Å²) in [4.78, 5) is 10.9. The molecular weight excluding hydrogens is 172 g/mol. The summed E-state index contributed by atoms with van der Waals surface area (Å²) in [5.74, 6) is 1.65. The molecule has 0 aliphatic heterocycles. The number of carbonyl (C=O) groups excluding carboxylic acids is 1. The fourth-order valence-electron chi connectivity index (χ4n) is 1.67. The van der Waals surface area contributed by atoms with Gasteiger partial charge < -0.3 is 0 Å². The van der Waals surface area contributed by atoms with Gasteiger partial charge in [0.15, 0.2) is 0 Å². The summed E-state index contributed by atoms with van der Waals surface area (Å²) in [5.41, 5.74) is 0. The summed E-state index contributed by atoms with van der Waals surface area (Å²) in [6, 6.07) is 0. The Balaban J connectivity index is 0. The van der Waals surface area contributed by atoms with Crippen molar-refractivity contribution in [2.45, 2.75) is 53.4 Å². The third-order valence-corrected chi connectivity index (χ3v) is 2.59. The predicted molar refractivity (Wildman–Crippen MR) is 64.4 cm³/mol. The van der Waals surface area contributed by atoms with Gasteiger partial charge in [-0.25, -0.2) is 0 Å². The smallest absolute Gasteiger partial charge is 0.132 e. The Morgan fingerprint density at radius 1 is 1.07 bits per heavy atom. The van der Waals surface area contributed by atoms with Gasteiger partial charge in [-0.2, -0.15) is 0 Å². The van der Waals surface area contributed by atoms with E-state index < -0.39 is 0 Å². The molecule has 1 aliphatic carbocycles. The second kappa shape index (κ2) is 10.5. The van der Waals surface area contributed by atoms with Crippen molar-refractivity contribution in [2.24, 2.45) is 11.8 Å². The zero-order valence-corrected chi connectivity index (χ0v) is 10.3. The third kappa shape index (κ3) is 6.88. The highest BCUT2D eigenvalue weighted by Crippen LogP contribution is 2.28. The lowest BCUT2D eigenvalue weighted by atomic mass is 9.81. The normalized spacial score (nSPS) is 24.9. The van der Waals surface area contributed by atoms with Crippen LogP contribution in [-0.2, 0) is 4.79 Å². The van der Waals surface area contributed by atoms with E-state index in [0.717, 1.165) is 18.8 Å². The molecule has 0 heterocycles. The Kier molecular flexibility index (Phi) is 11.9. The predicted octanol–water partition coefficient (Wildman–Crippen LogP) is 4.23. The van der Waals surface area contributed by atoms with Crippen molar-refractivity contribution in [3.8, 4) is 0 Å². The average Bonchev–Trinajstić information content (AvgIpc) is 2.24. The summed E-state index contributed by atoms with van der Waals surface area (Å²) in [6.45, 7) is 14.0. The molecular formula is C13H26O. The van der Waals surface area contributed by atoms with Crippen molar-refractivity contribution in [1.82, 2.24) is 0 Å². The molecule has 1 rings (SSSR count). The highest BCUT2D eigenvalue weighted by Gasteiger charge is 2.20. The number of carbonyl (C=O) groups is 1. The first-order chi connectivity index (χ1) is 6.70. The highest BCUT2D eigenvalue weighted by atomic mass is 16.1. The Labute approximate surface area is 89.6 Å². The number of hydrogen-bond donors (Lipinski definition) is 0. The van der Waals surface area contributed by atoms with Crippen LogP contribution in [-0.4, -0.2) is 5.78 Å². The highest BCUT2D eigenvalue weighted by molar-refractivity contribution is 5.78. The molecule has 0 amide bonds. The first kappa shape index (κ1) is 15.9. The van der Waals surface area contributed by atoms with Crippen LogP contribution in [0.25, 0.3) is 0 Å². The standard InChI is InChI=1S/C9H16O.C2H6.C2H4/c1-7-3-5-9(6-4-7)8(2)10;2*1-2/h7,9H,3-6H2,1-2H3;1-2H3;1-2H2. The lowest BCUT2D eigenvalue weighted by Crippen LogP contribution is -2.18. The Bertz CT molecular complexity index is 132.